The predicted molar refractivity (Wildman–Crippen MR) is 80.2 cm³/mol. The van der Waals surface area contributed by atoms with Crippen LogP contribution < -0.4 is 4.74 Å². The standard InChI is InChI=1S/C17H22O3/c1-10-9-15(20-4)11(2)12(3)16(10)13-7-5-6-8-14(13)17(18)19/h9H,5-8H2,1-4H3,(H,18,19). The summed E-state index contributed by atoms with van der Waals surface area (Å²) in [5.41, 5.74) is 6.05. The fourth-order valence-electron chi connectivity index (χ4n) is 3.14. The van der Waals surface area contributed by atoms with E-state index in [0.29, 0.717) is 12.0 Å². The Labute approximate surface area is 120 Å². The van der Waals surface area contributed by atoms with Crippen molar-refractivity contribution in [3.05, 3.63) is 33.9 Å². The van der Waals surface area contributed by atoms with Gasteiger partial charge in [-0.1, -0.05) is 0 Å². The Balaban J connectivity index is 2.68. The molecular formula is C17H22O3. The molecule has 0 spiro atoms. The van der Waals surface area contributed by atoms with Crippen molar-refractivity contribution >= 4 is 11.5 Å². The van der Waals surface area contributed by atoms with Crippen molar-refractivity contribution in [2.45, 2.75) is 46.5 Å². The maximum atomic E-state index is 11.5. The van der Waals surface area contributed by atoms with Gasteiger partial charge in [-0.15, -0.1) is 0 Å². The quantitative estimate of drug-likeness (QED) is 0.905. The number of hydrogen-bond acceptors (Lipinski definition) is 2. The van der Waals surface area contributed by atoms with Gasteiger partial charge in [0.05, 0.1) is 7.11 Å². The molecule has 0 heterocycles. The number of methoxy groups -OCH3 is 1. The number of benzene rings is 1. The number of aliphatic carboxylic acids is 1. The van der Waals surface area contributed by atoms with Gasteiger partial charge >= 0.3 is 5.97 Å². The van der Waals surface area contributed by atoms with Gasteiger partial charge in [0, 0.05) is 5.57 Å². The fraction of sp³-hybridized carbons (Fsp3) is 0.471. The molecule has 0 unspecified atom stereocenters. The van der Waals surface area contributed by atoms with E-state index in [0.717, 1.165) is 52.8 Å². The minimum absolute atomic E-state index is 0.590. The molecule has 0 saturated carbocycles. The highest BCUT2D eigenvalue weighted by Crippen LogP contribution is 2.38. The van der Waals surface area contributed by atoms with Crippen LogP contribution in [0.2, 0.25) is 0 Å². The first-order valence-electron chi connectivity index (χ1n) is 7.07. The molecule has 108 valence electrons. The van der Waals surface area contributed by atoms with E-state index in [4.69, 9.17) is 4.74 Å². The third-order valence-corrected chi connectivity index (χ3v) is 4.30. The molecule has 3 heteroatoms. The van der Waals surface area contributed by atoms with Crippen LogP contribution in [0.3, 0.4) is 0 Å². The summed E-state index contributed by atoms with van der Waals surface area (Å²) in [5.74, 6) is 0.101. The van der Waals surface area contributed by atoms with Crippen LogP contribution in [0.1, 0.15) is 47.9 Å². The minimum Gasteiger partial charge on any atom is -0.496 e. The maximum Gasteiger partial charge on any atom is 0.331 e. The Morgan fingerprint density at radius 3 is 2.40 bits per heavy atom. The average molecular weight is 274 g/mol. The van der Waals surface area contributed by atoms with E-state index in [9.17, 15) is 9.90 Å². The second kappa shape index (κ2) is 5.70. The number of rotatable bonds is 3. The van der Waals surface area contributed by atoms with Crippen LogP contribution in [0.15, 0.2) is 11.6 Å². The Hall–Kier alpha value is -1.77. The van der Waals surface area contributed by atoms with Crippen LogP contribution in [0.4, 0.5) is 0 Å². The number of allylic oxidation sites excluding steroid dienone is 1. The second-order valence-corrected chi connectivity index (χ2v) is 5.49. The van der Waals surface area contributed by atoms with Crippen LogP contribution in [-0.2, 0) is 4.79 Å². The molecule has 0 atom stereocenters. The molecule has 0 radical (unpaired) electrons. The van der Waals surface area contributed by atoms with Gasteiger partial charge in [0.25, 0.3) is 0 Å². The van der Waals surface area contributed by atoms with Crippen molar-refractivity contribution in [2.24, 2.45) is 0 Å². The summed E-state index contributed by atoms with van der Waals surface area (Å²) < 4.78 is 5.39. The Kier molecular flexibility index (Phi) is 4.17. The van der Waals surface area contributed by atoms with Gasteiger partial charge in [-0.3, -0.25) is 0 Å². The van der Waals surface area contributed by atoms with E-state index in [1.54, 1.807) is 7.11 Å². The molecule has 0 aromatic heterocycles. The molecule has 1 N–H and O–H groups in total. The first-order chi connectivity index (χ1) is 9.47. The number of carbonyl (C=O) groups is 1. The van der Waals surface area contributed by atoms with Crippen molar-refractivity contribution < 1.29 is 14.6 Å². The summed E-state index contributed by atoms with van der Waals surface area (Å²) in [6.07, 6.45) is 3.57. The van der Waals surface area contributed by atoms with E-state index in [-0.39, 0.29) is 0 Å². The monoisotopic (exact) mass is 274 g/mol. The molecule has 2 rings (SSSR count). The molecule has 0 aliphatic heterocycles. The smallest absolute Gasteiger partial charge is 0.331 e. The molecule has 0 bridgehead atoms. The molecule has 0 amide bonds. The Morgan fingerprint density at radius 1 is 1.15 bits per heavy atom. The number of carboxylic acid groups (broad SMARTS) is 1. The third kappa shape index (κ3) is 2.45. The first kappa shape index (κ1) is 14.6. The van der Waals surface area contributed by atoms with Crippen molar-refractivity contribution in [1.82, 2.24) is 0 Å². The minimum atomic E-state index is -0.771. The van der Waals surface area contributed by atoms with Crippen LogP contribution in [0.25, 0.3) is 5.57 Å². The topological polar surface area (TPSA) is 46.5 Å². The molecule has 1 aliphatic rings. The third-order valence-electron chi connectivity index (χ3n) is 4.30. The van der Waals surface area contributed by atoms with E-state index >= 15 is 0 Å². The Bertz CT molecular complexity index is 582. The van der Waals surface area contributed by atoms with Crippen LogP contribution in [0, 0.1) is 20.8 Å². The Morgan fingerprint density at radius 2 is 1.80 bits per heavy atom. The van der Waals surface area contributed by atoms with Gasteiger partial charge in [0.15, 0.2) is 0 Å². The number of hydrogen-bond donors (Lipinski definition) is 1. The second-order valence-electron chi connectivity index (χ2n) is 5.49. The predicted octanol–water partition coefficient (Wildman–Crippen LogP) is 4.03. The molecule has 3 nitrogen and oxygen atoms in total. The average Bonchev–Trinajstić information content (AvgIpc) is 2.43. The summed E-state index contributed by atoms with van der Waals surface area (Å²) in [5, 5.41) is 9.44. The van der Waals surface area contributed by atoms with Crippen LogP contribution >= 0.6 is 0 Å². The highest BCUT2D eigenvalue weighted by Gasteiger charge is 2.23. The highest BCUT2D eigenvalue weighted by atomic mass is 16.5. The van der Waals surface area contributed by atoms with Gasteiger partial charge in [0.2, 0.25) is 0 Å². The summed E-state index contributed by atoms with van der Waals surface area (Å²) >= 11 is 0. The van der Waals surface area contributed by atoms with Crippen molar-refractivity contribution in [3.8, 4) is 5.75 Å². The molecular weight excluding hydrogens is 252 g/mol. The highest BCUT2D eigenvalue weighted by molar-refractivity contribution is 5.97. The molecule has 20 heavy (non-hydrogen) atoms. The van der Waals surface area contributed by atoms with Gasteiger partial charge in [-0.2, -0.15) is 0 Å². The van der Waals surface area contributed by atoms with E-state index in [1.165, 1.54) is 0 Å². The zero-order valence-electron chi connectivity index (χ0n) is 12.7. The summed E-state index contributed by atoms with van der Waals surface area (Å²) in [7, 11) is 1.67. The van der Waals surface area contributed by atoms with Crippen LogP contribution in [0.5, 0.6) is 5.75 Å². The lowest BCUT2D eigenvalue weighted by atomic mass is 9.82. The molecule has 0 saturated heterocycles. The van der Waals surface area contributed by atoms with Gasteiger partial charge < -0.3 is 9.84 Å². The van der Waals surface area contributed by atoms with Gasteiger partial charge in [0.1, 0.15) is 5.75 Å². The van der Waals surface area contributed by atoms with Gasteiger partial charge in [-0.25, -0.2) is 4.79 Å². The SMILES string of the molecule is COc1cc(C)c(C2=C(C(=O)O)CCCC2)c(C)c1C. The molecule has 1 aromatic rings. The zero-order chi connectivity index (χ0) is 14.9. The van der Waals surface area contributed by atoms with Crippen molar-refractivity contribution in [1.29, 1.82) is 0 Å². The number of carboxylic acids is 1. The first-order valence-corrected chi connectivity index (χ1v) is 7.07. The maximum absolute atomic E-state index is 11.5. The number of ether oxygens (including phenoxy) is 1. The fourth-order valence-corrected chi connectivity index (χ4v) is 3.14. The van der Waals surface area contributed by atoms with E-state index < -0.39 is 5.97 Å². The number of aryl methyl sites for hydroxylation is 1. The lowest BCUT2D eigenvalue weighted by Crippen LogP contribution is -2.11. The summed E-state index contributed by atoms with van der Waals surface area (Å²) in [6, 6.07) is 2.01. The molecule has 1 aliphatic carbocycles. The normalized spacial score (nSPS) is 15.4. The van der Waals surface area contributed by atoms with Gasteiger partial charge in [-0.05, 0) is 80.3 Å². The summed E-state index contributed by atoms with van der Waals surface area (Å²) in [4.78, 5) is 11.5. The van der Waals surface area contributed by atoms with E-state index in [1.807, 2.05) is 19.9 Å². The molecule has 0 fully saturated rings. The largest absolute Gasteiger partial charge is 0.496 e. The zero-order valence-corrected chi connectivity index (χ0v) is 12.7. The van der Waals surface area contributed by atoms with E-state index in [2.05, 4.69) is 6.92 Å². The van der Waals surface area contributed by atoms with Crippen LogP contribution in [-0.4, -0.2) is 18.2 Å². The van der Waals surface area contributed by atoms with Crippen molar-refractivity contribution in [3.63, 3.8) is 0 Å². The summed E-state index contributed by atoms with van der Waals surface area (Å²) in [6.45, 7) is 6.12. The molecule has 1 aromatic carbocycles. The van der Waals surface area contributed by atoms with Crippen molar-refractivity contribution in [2.75, 3.05) is 7.11 Å². The lowest BCUT2D eigenvalue weighted by Gasteiger charge is -2.23. The lowest BCUT2D eigenvalue weighted by molar-refractivity contribution is -0.132.